The standard InChI is InChI=1S/C14H14N2OS/c17-10-4-3-5-11(8-10)18-14-12-6-1-2-7-13(12)15-9-16-14/h1-2,6-7,9,11H,3-5,8H2. The molecule has 0 bridgehead atoms. The molecule has 4 heteroatoms. The lowest BCUT2D eigenvalue weighted by atomic mass is 9.99. The van der Waals surface area contributed by atoms with Crippen LogP contribution >= 0.6 is 11.8 Å². The summed E-state index contributed by atoms with van der Waals surface area (Å²) >= 11 is 1.73. The van der Waals surface area contributed by atoms with E-state index in [-0.39, 0.29) is 0 Å². The van der Waals surface area contributed by atoms with Crippen LogP contribution in [-0.2, 0) is 4.79 Å². The van der Waals surface area contributed by atoms with Crippen LogP contribution in [0, 0.1) is 0 Å². The van der Waals surface area contributed by atoms with Gasteiger partial charge >= 0.3 is 0 Å². The molecule has 0 N–H and O–H groups in total. The second-order valence-electron chi connectivity index (χ2n) is 4.57. The van der Waals surface area contributed by atoms with Gasteiger partial charge in [0.1, 0.15) is 17.1 Å². The topological polar surface area (TPSA) is 42.9 Å². The summed E-state index contributed by atoms with van der Waals surface area (Å²) in [5.74, 6) is 0.386. The first-order valence-electron chi connectivity index (χ1n) is 6.21. The summed E-state index contributed by atoms with van der Waals surface area (Å²) in [6.07, 6.45) is 5.16. The third kappa shape index (κ3) is 2.38. The lowest BCUT2D eigenvalue weighted by molar-refractivity contribution is -0.120. The van der Waals surface area contributed by atoms with Gasteiger partial charge in [-0.05, 0) is 18.9 Å². The van der Waals surface area contributed by atoms with Gasteiger partial charge in [-0.2, -0.15) is 0 Å². The number of fused-ring (bicyclic) bond motifs is 1. The molecule has 0 aliphatic heterocycles. The normalized spacial score (nSPS) is 20.2. The predicted molar refractivity (Wildman–Crippen MR) is 72.7 cm³/mol. The molecule has 0 spiro atoms. The molecule has 3 nitrogen and oxygen atoms in total. The van der Waals surface area contributed by atoms with Crippen LogP contribution in [0.1, 0.15) is 25.7 Å². The molecule has 1 atom stereocenters. The number of hydrogen-bond acceptors (Lipinski definition) is 4. The zero-order valence-electron chi connectivity index (χ0n) is 10.0. The van der Waals surface area contributed by atoms with Crippen LogP contribution < -0.4 is 0 Å². The number of ketones is 1. The van der Waals surface area contributed by atoms with Crippen molar-refractivity contribution in [2.24, 2.45) is 0 Å². The summed E-state index contributed by atoms with van der Waals surface area (Å²) < 4.78 is 0. The number of para-hydroxylation sites is 1. The first-order chi connectivity index (χ1) is 8.83. The Morgan fingerprint density at radius 2 is 2.11 bits per heavy atom. The van der Waals surface area contributed by atoms with Crippen molar-refractivity contribution in [3.8, 4) is 0 Å². The summed E-state index contributed by atoms with van der Waals surface area (Å²) in [5.41, 5.74) is 0.970. The first kappa shape index (κ1) is 11.7. The average Bonchev–Trinajstić information content (AvgIpc) is 2.39. The molecule has 3 rings (SSSR count). The van der Waals surface area contributed by atoms with Crippen molar-refractivity contribution in [2.75, 3.05) is 0 Å². The molecule has 1 aromatic carbocycles. The Balaban J connectivity index is 1.88. The Morgan fingerprint density at radius 1 is 1.22 bits per heavy atom. The van der Waals surface area contributed by atoms with E-state index in [1.165, 1.54) is 0 Å². The van der Waals surface area contributed by atoms with E-state index in [0.717, 1.165) is 35.2 Å². The highest BCUT2D eigenvalue weighted by Gasteiger charge is 2.21. The number of nitrogens with zero attached hydrogens (tertiary/aromatic N) is 2. The van der Waals surface area contributed by atoms with E-state index in [0.29, 0.717) is 17.5 Å². The number of benzene rings is 1. The smallest absolute Gasteiger partial charge is 0.134 e. The minimum absolute atomic E-state index is 0.379. The van der Waals surface area contributed by atoms with Crippen LogP contribution in [0.3, 0.4) is 0 Å². The van der Waals surface area contributed by atoms with Crippen LogP contribution in [0.4, 0.5) is 0 Å². The lowest BCUT2D eigenvalue weighted by Gasteiger charge is -2.20. The van der Waals surface area contributed by atoms with Crippen molar-refractivity contribution in [1.82, 2.24) is 9.97 Å². The number of rotatable bonds is 2. The van der Waals surface area contributed by atoms with Gasteiger partial charge in [-0.3, -0.25) is 4.79 Å². The van der Waals surface area contributed by atoms with Gasteiger partial charge in [0.2, 0.25) is 0 Å². The summed E-state index contributed by atoms with van der Waals surface area (Å²) in [6, 6.07) is 8.02. The maximum atomic E-state index is 11.5. The van der Waals surface area contributed by atoms with Crippen LogP contribution in [0.5, 0.6) is 0 Å². The Hall–Kier alpha value is -1.42. The maximum absolute atomic E-state index is 11.5. The minimum atomic E-state index is 0.379. The third-order valence-corrected chi connectivity index (χ3v) is 4.51. The molecular weight excluding hydrogens is 244 g/mol. The summed E-state index contributed by atoms with van der Waals surface area (Å²) in [5, 5.41) is 2.47. The Morgan fingerprint density at radius 3 is 3.00 bits per heavy atom. The predicted octanol–water partition coefficient (Wildman–Crippen LogP) is 3.23. The van der Waals surface area contributed by atoms with Crippen molar-refractivity contribution in [3.05, 3.63) is 30.6 Å². The molecule has 1 heterocycles. The number of aromatic nitrogens is 2. The van der Waals surface area contributed by atoms with Crippen molar-refractivity contribution < 1.29 is 4.79 Å². The van der Waals surface area contributed by atoms with E-state index in [1.807, 2.05) is 24.3 Å². The van der Waals surface area contributed by atoms with E-state index in [2.05, 4.69) is 9.97 Å². The fourth-order valence-electron chi connectivity index (χ4n) is 2.32. The molecule has 0 radical (unpaired) electrons. The van der Waals surface area contributed by atoms with E-state index in [9.17, 15) is 4.79 Å². The number of hydrogen-bond donors (Lipinski definition) is 0. The number of carbonyl (C=O) groups is 1. The van der Waals surface area contributed by atoms with Gasteiger partial charge in [0.15, 0.2) is 0 Å². The molecule has 0 saturated heterocycles. The van der Waals surface area contributed by atoms with Gasteiger partial charge in [0, 0.05) is 23.5 Å². The van der Waals surface area contributed by atoms with Gasteiger partial charge < -0.3 is 0 Å². The zero-order valence-corrected chi connectivity index (χ0v) is 10.8. The second-order valence-corrected chi connectivity index (χ2v) is 5.86. The highest BCUT2D eigenvalue weighted by atomic mass is 32.2. The first-order valence-corrected chi connectivity index (χ1v) is 7.09. The Bertz CT molecular complexity index is 580. The average molecular weight is 258 g/mol. The highest BCUT2D eigenvalue weighted by Crippen LogP contribution is 2.34. The largest absolute Gasteiger partial charge is 0.300 e. The Kier molecular flexibility index (Phi) is 3.28. The second kappa shape index (κ2) is 5.06. The highest BCUT2D eigenvalue weighted by molar-refractivity contribution is 8.00. The zero-order chi connectivity index (χ0) is 12.4. The number of Topliss-reactive ketones (excluding diaryl/α,β-unsaturated/α-hetero) is 1. The van der Waals surface area contributed by atoms with Crippen LogP contribution in [0.2, 0.25) is 0 Å². The maximum Gasteiger partial charge on any atom is 0.134 e. The minimum Gasteiger partial charge on any atom is -0.300 e. The van der Waals surface area contributed by atoms with E-state index < -0.39 is 0 Å². The van der Waals surface area contributed by atoms with Gasteiger partial charge in [-0.1, -0.05) is 18.2 Å². The molecule has 1 saturated carbocycles. The summed E-state index contributed by atoms with van der Waals surface area (Å²) in [6.45, 7) is 0. The number of carbonyl (C=O) groups excluding carboxylic acids is 1. The SMILES string of the molecule is O=C1CCCC(Sc2ncnc3ccccc23)C1. The molecule has 2 aromatic rings. The fourth-order valence-corrected chi connectivity index (χ4v) is 3.59. The summed E-state index contributed by atoms with van der Waals surface area (Å²) in [7, 11) is 0. The molecule has 92 valence electrons. The number of thioether (sulfide) groups is 1. The van der Waals surface area contributed by atoms with Crippen LogP contribution in [0.15, 0.2) is 35.6 Å². The molecule has 1 aliphatic rings. The molecule has 1 fully saturated rings. The van der Waals surface area contributed by atoms with E-state index >= 15 is 0 Å². The van der Waals surface area contributed by atoms with Crippen molar-refractivity contribution in [3.63, 3.8) is 0 Å². The van der Waals surface area contributed by atoms with Crippen LogP contribution in [-0.4, -0.2) is 21.0 Å². The molecular formula is C14H14N2OS. The van der Waals surface area contributed by atoms with Crippen LogP contribution in [0.25, 0.3) is 10.9 Å². The van der Waals surface area contributed by atoms with Crippen molar-refractivity contribution in [1.29, 1.82) is 0 Å². The molecule has 1 aliphatic carbocycles. The lowest BCUT2D eigenvalue weighted by Crippen LogP contribution is -2.16. The van der Waals surface area contributed by atoms with E-state index in [1.54, 1.807) is 18.1 Å². The monoisotopic (exact) mass is 258 g/mol. The molecule has 1 aromatic heterocycles. The van der Waals surface area contributed by atoms with Crippen molar-refractivity contribution >= 4 is 28.4 Å². The van der Waals surface area contributed by atoms with Gasteiger partial charge in [0.05, 0.1) is 5.52 Å². The molecule has 1 unspecified atom stereocenters. The fraction of sp³-hybridized carbons (Fsp3) is 0.357. The van der Waals surface area contributed by atoms with Gasteiger partial charge in [-0.25, -0.2) is 9.97 Å². The van der Waals surface area contributed by atoms with Gasteiger partial charge in [0.25, 0.3) is 0 Å². The third-order valence-electron chi connectivity index (χ3n) is 3.22. The van der Waals surface area contributed by atoms with Gasteiger partial charge in [-0.15, -0.1) is 11.8 Å². The Labute approximate surface area is 110 Å². The quantitative estimate of drug-likeness (QED) is 0.776. The summed E-state index contributed by atoms with van der Waals surface area (Å²) in [4.78, 5) is 20.1. The molecule has 18 heavy (non-hydrogen) atoms. The molecule has 0 amide bonds. The van der Waals surface area contributed by atoms with E-state index in [4.69, 9.17) is 0 Å². The van der Waals surface area contributed by atoms with Crippen molar-refractivity contribution in [2.45, 2.75) is 36.0 Å².